The lowest BCUT2D eigenvalue weighted by Gasteiger charge is -1.96. The zero-order valence-corrected chi connectivity index (χ0v) is 7.04. The molecule has 0 radical (unpaired) electrons. The first kappa shape index (κ1) is 9.36. The van der Waals surface area contributed by atoms with E-state index in [-0.39, 0.29) is 0 Å². The van der Waals surface area contributed by atoms with Gasteiger partial charge in [-0.1, -0.05) is 32.1 Å². The molecule has 0 aromatic carbocycles. The number of nitrogens with one attached hydrogen (secondary N) is 1. The van der Waals surface area contributed by atoms with Gasteiger partial charge < -0.3 is 5.32 Å². The van der Waals surface area contributed by atoms with Crippen molar-refractivity contribution in [3.8, 4) is 12.0 Å². The Hall–Kier alpha value is -0.640. The Bertz CT molecular complexity index is 108. The van der Waals surface area contributed by atoms with E-state index in [4.69, 9.17) is 0 Å². The molecule has 0 amide bonds. The topological polar surface area (TPSA) is 12.0 Å². The van der Waals surface area contributed by atoms with Gasteiger partial charge in [-0.25, -0.2) is 0 Å². The van der Waals surface area contributed by atoms with Crippen LogP contribution in [0.4, 0.5) is 0 Å². The zero-order valence-electron chi connectivity index (χ0n) is 7.04. The summed E-state index contributed by atoms with van der Waals surface area (Å²) in [6.45, 7) is 5.11. The van der Waals surface area contributed by atoms with Crippen LogP contribution in [0.3, 0.4) is 0 Å². The molecule has 58 valence electrons. The van der Waals surface area contributed by atoms with E-state index in [9.17, 15) is 0 Å². The Labute approximate surface area is 64.2 Å². The van der Waals surface area contributed by atoms with Crippen LogP contribution in [0.25, 0.3) is 0 Å². The fourth-order valence-corrected chi connectivity index (χ4v) is 0.791. The molecular weight excluding hydrogens is 122 g/mol. The summed E-state index contributed by atoms with van der Waals surface area (Å²) in [4.78, 5) is 0. The van der Waals surface area contributed by atoms with Gasteiger partial charge >= 0.3 is 0 Å². The lowest BCUT2D eigenvalue weighted by molar-refractivity contribution is 0.651. The quantitative estimate of drug-likeness (QED) is 0.349. The molecule has 0 aromatic rings. The summed E-state index contributed by atoms with van der Waals surface area (Å²) in [5.41, 5.74) is 0. The minimum Gasteiger partial charge on any atom is -0.346 e. The molecule has 0 bridgehead atoms. The molecule has 0 aromatic heterocycles. The second kappa shape index (κ2) is 8.36. The van der Waals surface area contributed by atoms with Crippen LogP contribution in [0, 0.1) is 12.0 Å². The molecule has 0 atom stereocenters. The molecule has 1 N–H and O–H groups in total. The number of rotatable bonds is 5. The summed E-state index contributed by atoms with van der Waals surface area (Å²) >= 11 is 0. The molecule has 0 aliphatic carbocycles. The Morgan fingerprint density at radius 3 is 2.60 bits per heavy atom. The average Bonchev–Trinajstić information content (AvgIpc) is 1.97. The second-order valence-corrected chi connectivity index (χ2v) is 2.36. The fraction of sp³-hybridized carbons (Fsp3) is 0.778. The van der Waals surface area contributed by atoms with E-state index in [1.165, 1.54) is 25.7 Å². The fourth-order valence-electron chi connectivity index (χ4n) is 0.791. The molecule has 0 aliphatic heterocycles. The third-order valence-electron chi connectivity index (χ3n) is 1.37. The molecule has 1 heteroatoms. The highest BCUT2D eigenvalue weighted by atomic mass is 14.8. The molecule has 1 nitrogen and oxygen atoms in total. The monoisotopic (exact) mass is 139 g/mol. The Balaban J connectivity index is 2.82. The van der Waals surface area contributed by atoms with Gasteiger partial charge in [0.1, 0.15) is 0 Å². The van der Waals surface area contributed by atoms with Crippen LogP contribution < -0.4 is 5.32 Å². The smallest absolute Gasteiger partial charge is 0.0229 e. The molecule has 0 saturated heterocycles. The highest BCUT2D eigenvalue weighted by molar-refractivity contribution is 4.91. The molecule has 0 fully saturated rings. The van der Waals surface area contributed by atoms with Gasteiger partial charge in [0, 0.05) is 12.6 Å². The van der Waals surface area contributed by atoms with E-state index < -0.39 is 0 Å². The number of hydrogen-bond acceptors (Lipinski definition) is 1. The van der Waals surface area contributed by atoms with E-state index in [1.54, 1.807) is 0 Å². The predicted molar refractivity (Wildman–Crippen MR) is 45.6 cm³/mol. The van der Waals surface area contributed by atoms with E-state index >= 15 is 0 Å². The summed E-state index contributed by atoms with van der Waals surface area (Å²) in [5.74, 6) is 2.80. The van der Waals surface area contributed by atoms with Crippen LogP contribution in [0.2, 0.25) is 0 Å². The van der Waals surface area contributed by atoms with Crippen molar-refractivity contribution >= 4 is 0 Å². The van der Waals surface area contributed by atoms with Crippen molar-refractivity contribution in [2.45, 2.75) is 39.5 Å². The normalized spacial score (nSPS) is 8.20. The molecule has 10 heavy (non-hydrogen) atoms. The van der Waals surface area contributed by atoms with Crippen molar-refractivity contribution in [2.75, 3.05) is 6.54 Å². The van der Waals surface area contributed by atoms with E-state index in [1.807, 2.05) is 6.92 Å². The Morgan fingerprint density at radius 2 is 2.00 bits per heavy atom. The number of hydrogen-bond donors (Lipinski definition) is 1. The largest absolute Gasteiger partial charge is 0.346 e. The second-order valence-electron chi connectivity index (χ2n) is 2.36. The van der Waals surface area contributed by atoms with E-state index in [0.717, 1.165) is 6.54 Å². The standard InChI is InChI=1S/C9H17N/c1-3-5-6-7-9-10-8-4-2/h10H,3,5-7,9H2,1-2H3. The van der Waals surface area contributed by atoms with Crippen LogP contribution in [0.1, 0.15) is 39.5 Å². The predicted octanol–water partition coefficient (Wildman–Crippen LogP) is 2.14. The molecule has 0 unspecified atom stereocenters. The summed E-state index contributed by atoms with van der Waals surface area (Å²) in [6.07, 6.45) is 5.23. The van der Waals surface area contributed by atoms with Crippen molar-refractivity contribution < 1.29 is 0 Å². The summed E-state index contributed by atoms with van der Waals surface area (Å²) < 4.78 is 0. The van der Waals surface area contributed by atoms with Crippen molar-refractivity contribution in [1.82, 2.24) is 5.32 Å². The lowest BCUT2D eigenvalue weighted by atomic mass is 10.2. The Morgan fingerprint density at radius 1 is 1.20 bits per heavy atom. The van der Waals surface area contributed by atoms with Crippen molar-refractivity contribution in [2.24, 2.45) is 0 Å². The molecule has 0 heterocycles. The van der Waals surface area contributed by atoms with E-state index in [2.05, 4.69) is 24.2 Å². The van der Waals surface area contributed by atoms with Gasteiger partial charge in [-0.05, 0) is 13.3 Å². The SMILES string of the molecule is CC#CNCCCCCC. The van der Waals surface area contributed by atoms with Crippen molar-refractivity contribution in [1.29, 1.82) is 0 Å². The van der Waals surface area contributed by atoms with Gasteiger partial charge in [-0.15, -0.1) is 0 Å². The van der Waals surface area contributed by atoms with Gasteiger partial charge in [0.15, 0.2) is 0 Å². The lowest BCUT2D eigenvalue weighted by Crippen LogP contribution is -2.06. The first-order valence-electron chi connectivity index (χ1n) is 4.06. The maximum atomic E-state index is 3.03. The molecule has 0 rings (SSSR count). The summed E-state index contributed by atoms with van der Waals surface area (Å²) in [5, 5.41) is 3.03. The van der Waals surface area contributed by atoms with Crippen LogP contribution >= 0.6 is 0 Å². The summed E-state index contributed by atoms with van der Waals surface area (Å²) in [6, 6.07) is 2.83. The van der Waals surface area contributed by atoms with Gasteiger partial charge in [0.25, 0.3) is 0 Å². The first-order valence-corrected chi connectivity index (χ1v) is 4.06. The highest BCUT2D eigenvalue weighted by Crippen LogP contribution is 1.96. The van der Waals surface area contributed by atoms with Crippen LogP contribution in [-0.4, -0.2) is 6.54 Å². The highest BCUT2D eigenvalue weighted by Gasteiger charge is 1.83. The van der Waals surface area contributed by atoms with Crippen molar-refractivity contribution in [3.63, 3.8) is 0 Å². The van der Waals surface area contributed by atoms with Crippen LogP contribution in [-0.2, 0) is 0 Å². The van der Waals surface area contributed by atoms with Gasteiger partial charge in [-0.3, -0.25) is 0 Å². The first-order chi connectivity index (χ1) is 4.91. The number of unbranched alkanes of at least 4 members (excludes halogenated alkanes) is 3. The Kier molecular flexibility index (Phi) is 7.82. The zero-order chi connectivity index (χ0) is 7.66. The minimum absolute atomic E-state index is 1.04. The van der Waals surface area contributed by atoms with E-state index in [0.29, 0.717) is 0 Å². The maximum Gasteiger partial charge on any atom is 0.0229 e. The molecular formula is C9H17N. The van der Waals surface area contributed by atoms with Gasteiger partial charge in [-0.2, -0.15) is 0 Å². The maximum absolute atomic E-state index is 3.03. The summed E-state index contributed by atoms with van der Waals surface area (Å²) in [7, 11) is 0. The van der Waals surface area contributed by atoms with Gasteiger partial charge in [0.05, 0.1) is 0 Å². The minimum atomic E-state index is 1.04. The third kappa shape index (κ3) is 7.36. The molecule has 0 aliphatic rings. The van der Waals surface area contributed by atoms with Gasteiger partial charge in [0.2, 0.25) is 0 Å². The van der Waals surface area contributed by atoms with Crippen molar-refractivity contribution in [3.05, 3.63) is 0 Å². The van der Waals surface area contributed by atoms with Crippen LogP contribution in [0.15, 0.2) is 0 Å². The molecule has 0 spiro atoms. The molecule has 0 saturated carbocycles. The van der Waals surface area contributed by atoms with Crippen LogP contribution in [0.5, 0.6) is 0 Å². The average molecular weight is 139 g/mol. The third-order valence-corrected chi connectivity index (χ3v) is 1.37.